The fraction of sp³-hybridized carbons (Fsp3) is 0.545. The molecule has 1 aromatic rings. The Morgan fingerprint density at radius 2 is 2.27 bits per heavy atom. The van der Waals surface area contributed by atoms with Crippen LogP contribution in [0.3, 0.4) is 0 Å². The second-order valence-electron chi connectivity index (χ2n) is 3.96. The molecule has 2 nitrogen and oxygen atoms in total. The Kier molecular flexibility index (Phi) is 4.41. The number of hydrogen-bond acceptors (Lipinski definition) is 2. The first-order valence-corrected chi connectivity index (χ1v) is 6.30. The summed E-state index contributed by atoms with van der Waals surface area (Å²) in [6.45, 7) is 6.25. The summed E-state index contributed by atoms with van der Waals surface area (Å²) in [5.41, 5.74) is 1.06. The van der Waals surface area contributed by atoms with Crippen molar-refractivity contribution in [2.45, 2.75) is 32.7 Å². The van der Waals surface area contributed by atoms with E-state index in [1.54, 1.807) is 6.20 Å². The van der Waals surface area contributed by atoms with Gasteiger partial charge in [-0.3, -0.25) is 0 Å². The number of hydrogen-bond donors (Lipinski definition) is 1. The quantitative estimate of drug-likeness (QED) is 0.849. The van der Waals surface area contributed by atoms with Crippen molar-refractivity contribution in [3.8, 4) is 0 Å². The number of anilines is 1. The van der Waals surface area contributed by atoms with Gasteiger partial charge >= 0.3 is 0 Å². The van der Waals surface area contributed by atoms with Crippen LogP contribution < -0.4 is 5.32 Å². The Morgan fingerprint density at radius 3 is 2.80 bits per heavy atom. The van der Waals surface area contributed by atoms with E-state index in [0.717, 1.165) is 16.7 Å². The number of rotatable bonds is 4. The third-order valence-electron chi connectivity index (χ3n) is 2.58. The molecule has 0 aliphatic heterocycles. The van der Waals surface area contributed by atoms with Crippen LogP contribution in [0.1, 0.15) is 25.8 Å². The Bertz CT molecular complexity index is 337. The molecular formula is C11H16BrClN2. The lowest BCUT2D eigenvalue weighted by atomic mass is 10.0. The van der Waals surface area contributed by atoms with E-state index in [9.17, 15) is 0 Å². The van der Waals surface area contributed by atoms with E-state index in [2.05, 4.69) is 40.1 Å². The van der Waals surface area contributed by atoms with Crippen molar-refractivity contribution >= 4 is 33.3 Å². The van der Waals surface area contributed by atoms with Crippen LogP contribution in [0.4, 0.5) is 5.82 Å². The molecule has 0 aromatic carbocycles. The monoisotopic (exact) mass is 290 g/mol. The average Bonchev–Trinajstić information content (AvgIpc) is 2.25. The largest absolute Gasteiger partial charge is 0.363 e. The third-order valence-corrected chi connectivity index (χ3v) is 4.17. The Labute approximate surface area is 105 Å². The van der Waals surface area contributed by atoms with Gasteiger partial charge in [0.1, 0.15) is 5.82 Å². The molecule has 1 rings (SSSR count). The fourth-order valence-electron chi connectivity index (χ4n) is 1.13. The fourth-order valence-corrected chi connectivity index (χ4v) is 1.72. The van der Waals surface area contributed by atoms with Crippen LogP contribution in [-0.4, -0.2) is 16.4 Å². The van der Waals surface area contributed by atoms with E-state index in [4.69, 9.17) is 11.6 Å². The van der Waals surface area contributed by atoms with Crippen LogP contribution in [0.2, 0.25) is 0 Å². The van der Waals surface area contributed by atoms with Gasteiger partial charge in [0, 0.05) is 17.6 Å². The molecule has 0 aliphatic rings. The van der Waals surface area contributed by atoms with Gasteiger partial charge in [0.2, 0.25) is 0 Å². The Balaban J connectivity index is 2.94. The summed E-state index contributed by atoms with van der Waals surface area (Å²) in [7, 11) is 0. The van der Waals surface area contributed by atoms with Gasteiger partial charge in [-0.1, -0.05) is 6.92 Å². The smallest absolute Gasteiger partial charge is 0.140 e. The number of nitrogens with zero attached hydrogens (tertiary/aromatic N) is 1. The lowest BCUT2D eigenvalue weighted by Crippen LogP contribution is -2.36. The van der Waals surface area contributed by atoms with Crippen molar-refractivity contribution in [2.75, 3.05) is 11.2 Å². The van der Waals surface area contributed by atoms with Crippen molar-refractivity contribution in [2.24, 2.45) is 0 Å². The van der Waals surface area contributed by atoms with Gasteiger partial charge in [0.05, 0.1) is 4.47 Å². The van der Waals surface area contributed by atoms with Crippen LogP contribution in [0.25, 0.3) is 0 Å². The predicted molar refractivity (Wildman–Crippen MR) is 69.7 cm³/mol. The molecule has 84 valence electrons. The molecule has 0 bridgehead atoms. The summed E-state index contributed by atoms with van der Waals surface area (Å²) in [4.78, 5) is 4.30. The highest BCUT2D eigenvalue weighted by molar-refractivity contribution is 9.10. The number of nitrogens with one attached hydrogen (secondary N) is 1. The molecule has 0 saturated heterocycles. The molecule has 0 aliphatic carbocycles. The molecule has 0 amide bonds. The molecule has 4 heteroatoms. The highest BCUT2D eigenvalue weighted by Crippen LogP contribution is 2.27. The van der Waals surface area contributed by atoms with Crippen LogP contribution >= 0.6 is 27.5 Å². The lowest BCUT2D eigenvalue weighted by Gasteiger charge is -2.28. The molecule has 1 unspecified atom stereocenters. The maximum atomic E-state index is 5.95. The highest BCUT2D eigenvalue weighted by Gasteiger charge is 2.22. The van der Waals surface area contributed by atoms with Gasteiger partial charge in [0.25, 0.3) is 0 Å². The van der Waals surface area contributed by atoms with Gasteiger partial charge in [-0.2, -0.15) is 0 Å². The van der Waals surface area contributed by atoms with Crippen LogP contribution in [0, 0.1) is 6.92 Å². The number of aryl methyl sites for hydroxylation is 1. The van der Waals surface area contributed by atoms with Crippen LogP contribution in [0.5, 0.6) is 0 Å². The first-order valence-electron chi connectivity index (χ1n) is 4.97. The summed E-state index contributed by atoms with van der Waals surface area (Å²) >= 11 is 9.47. The minimum absolute atomic E-state index is 0.106. The van der Waals surface area contributed by atoms with Gasteiger partial charge in [0.15, 0.2) is 0 Å². The minimum Gasteiger partial charge on any atom is -0.363 e. The summed E-state index contributed by atoms with van der Waals surface area (Å²) in [6.07, 6.45) is 2.76. The zero-order valence-corrected chi connectivity index (χ0v) is 11.6. The van der Waals surface area contributed by atoms with E-state index in [-0.39, 0.29) is 5.54 Å². The van der Waals surface area contributed by atoms with Crippen LogP contribution in [-0.2, 0) is 0 Å². The third kappa shape index (κ3) is 3.08. The summed E-state index contributed by atoms with van der Waals surface area (Å²) < 4.78 is 1.01. The second kappa shape index (κ2) is 5.17. The van der Waals surface area contributed by atoms with E-state index < -0.39 is 0 Å². The van der Waals surface area contributed by atoms with E-state index in [0.29, 0.717) is 5.88 Å². The molecule has 1 atom stereocenters. The predicted octanol–water partition coefficient (Wildman–Crippen LogP) is 3.97. The second-order valence-corrected chi connectivity index (χ2v) is 5.02. The number of pyridine rings is 1. The SMILES string of the molecule is CCC(C)(CCl)Nc1nccc(C)c1Br. The van der Waals surface area contributed by atoms with Gasteiger partial charge in [-0.25, -0.2) is 4.98 Å². The summed E-state index contributed by atoms with van der Waals surface area (Å²) in [5, 5.41) is 3.37. The van der Waals surface area contributed by atoms with Crippen molar-refractivity contribution in [3.63, 3.8) is 0 Å². The molecule has 0 spiro atoms. The Morgan fingerprint density at radius 1 is 1.60 bits per heavy atom. The van der Waals surface area contributed by atoms with E-state index >= 15 is 0 Å². The van der Waals surface area contributed by atoms with Crippen molar-refractivity contribution in [1.82, 2.24) is 4.98 Å². The zero-order valence-electron chi connectivity index (χ0n) is 9.27. The number of aromatic nitrogens is 1. The maximum absolute atomic E-state index is 5.95. The maximum Gasteiger partial charge on any atom is 0.140 e. The van der Waals surface area contributed by atoms with E-state index in [1.165, 1.54) is 5.56 Å². The van der Waals surface area contributed by atoms with Crippen molar-refractivity contribution in [3.05, 3.63) is 22.3 Å². The summed E-state index contributed by atoms with van der Waals surface area (Å²) in [6, 6.07) is 1.97. The molecule has 1 N–H and O–H groups in total. The van der Waals surface area contributed by atoms with Gasteiger partial charge in [-0.15, -0.1) is 11.6 Å². The zero-order chi connectivity index (χ0) is 11.5. The molecular weight excluding hydrogens is 275 g/mol. The van der Waals surface area contributed by atoms with Crippen molar-refractivity contribution in [1.29, 1.82) is 0 Å². The topological polar surface area (TPSA) is 24.9 Å². The van der Waals surface area contributed by atoms with Gasteiger partial charge < -0.3 is 5.32 Å². The van der Waals surface area contributed by atoms with Crippen LogP contribution in [0.15, 0.2) is 16.7 Å². The molecule has 15 heavy (non-hydrogen) atoms. The average molecular weight is 292 g/mol. The first-order chi connectivity index (χ1) is 7.02. The number of alkyl halides is 1. The molecule has 1 aromatic heterocycles. The standard InChI is InChI=1S/C11H16BrClN2/c1-4-11(3,7-13)15-10-9(12)8(2)5-6-14-10/h5-6H,4,7H2,1-3H3,(H,14,15). The minimum atomic E-state index is -0.106. The number of halogens is 2. The molecule has 0 radical (unpaired) electrons. The summed E-state index contributed by atoms with van der Waals surface area (Å²) in [5.74, 6) is 1.42. The first kappa shape index (κ1) is 12.8. The highest BCUT2D eigenvalue weighted by atomic mass is 79.9. The Hall–Kier alpha value is -0.280. The molecule has 0 fully saturated rings. The lowest BCUT2D eigenvalue weighted by molar-refractivity contribution is 0.551. The van der Waals surface area contributed by atoms with Crippen molar-refractivity contribution < 1.29 is 0 Å². The van der Waals surface area contributed by atoms with Gasteiger partial charge in [-0.05, 0) is 47.8 Å². The normalized spacial score (nSPS) is 14.7. The molecule has 0 saturated carbocycles. The molecule has 1 heterocycles. The van der Waals surface area contributed by atoms with E-state index in [1.807, 2.05) is 13.0 Å².